The van der Waals surface area contributed by atoms with Gasteiger partial charge in [0.15, 0.2) is 0 Å². The summed E-state index contributed by atoms with van der Waals surface area (Å²) in [5.74, 6) is 0.365. The molecule has 26 heavy (non-hydrogen) atoms. The molecule has 0 heterocycles. The van der Waals surface area contributed by atoms with Crippen molar-refractivity contribution in [2.24, 2.45) is 0 Å². The molecule has 0 saturated carbocycles. The van der Waals surface area contributed by atoms with E-state index in [0.29, 0.717) is 12.2 Å². The summed E-state index contributed by atoms with van der Waals surface area (Å²) >= 11 is 0. The molecule has 140 valence electrons. The number of hydrogen-bond donors (Lipinski definition) is 1. The Kier molecular flexibility index (Phi) is 6.26. The third-order valence-electron chi connectivity index (χ3n) is 3.96. The number of rotatable bonds is 7. The van der Waals surface area contributed by atoms with Crippen molar-refractivity contribution >= 4 is 21.6 Å². The first-order chi connectivity index (χ1) is 12.2. The normalized spacial score (nSPS) is 11.1. The Morgan fingerprint density at radius 1 is 1.12 bits per heavy atom. The lowest BCUT2D eigenvalue weighted by Gasteiger charge is -2.24. The van der Waals surface area contributed by atoms with E-state index in [1.165, 1.54) is 0 Å². The third kappa shape index (κ3) is 5.23. The Bertz CT molecular complexity index is 877. The lowest BCUT2D eigenvalue weighted by Crippen LogP contribution is -2.40. The summed E-state index contributed by atoms with van der Waals surface area (Å²) in [6, 6.07) is 12.7. The number of anilines is 1. The molecule has 0 atom stereocenters. The summed E-state index contributed by atoms with van der Waals surface area (Å²) in [6.07, 6.45) is 1.10. The highest BCUT2D eigenvalue weighted by Gasteiger charge is 2.22. The Morgan fingerprint density at radius 2 is 1.77 bits per heavy atom. The SMILES string of the molecule is COc1ccc(CNC(=O)CN(c2ccc(C)cc2C)S(C)(=O)=O)cc1. The van der Waals surface area contributed by atoms with Crippen LogP contribution >= 0.6 is 0 Å². The highest BCUT2D eigenvalue weighted by molar-refractivity contribution is 7.92. The number of ether oxygens (including phenoxy) is 1. The summed E-state index contributed by atoms with van der Waals surface area (Å²) in [7, 11) is -2.00. The Morgan fingerprint density at radius 3 is 2.31 bits per heavy atom. The molecule has 1 N–H and O–H groups in total. The van der Waals surface area contributed by atoms with Crippen LogP contribution in [0.25, 0.3) is 0 Å². The quantitative estimate of drug-likeness (QED) is 0.805. The standard InChI is InChI=1S/C19H24N2O4S/c1-14-5-10-18(15(2)11-14)21(26(4,23)24)13-19(22)20-12-16-6-8-17(25-3)9-7-16/h5-11H,12-13H2,1-4H3,(H,20,22). The zero-order valence-corrected chi connectivity index (χ0v) is 16.3. The van der Waals surface area contributed by atoms with Gasteiger partial charge in [-0.15, -0.1) is 0 Å². The molecule has 6 nitrogen and oxygen atoms in total. The van der Waals surface area contributed by atoms with Gasteiger partial charge >= 0.3 is 0 Å². The molecule has 0 bridgehead atoms. The summed E-state index contributed by atoms with van der Waals surface area (Å²) in [6.45, 7) is 3.81. The number of amides is 1. The lowest BCUT2D eigenvalue weighted by molar-refractivity contribution is -0.119. The molecule has 0 aliphatic carbocycles. The molecule has 0 spiro atoms. The molecule has 0 unspecified atom stereocenters. The van der Waals surface area contributed by atoms with Crippen molar-refractivity contribution in [2.75, 3.05) is 24.2 Å². The fraction of sp³-hybridized carbons (Fsp3) is 0.316. The zero-order chi connectivity index (χ0) is 19.3. The fourth-order valence-corrected chi connectivity index (χ4v) is 3.51. The molecule has 0 aliphatic rings. The summed E-state index contributed by atoms with van der Waals surface area (Å²) in [5, 5.41) is 2.75. The second-order valence-electron chi connectivity index (χ2n) is 6.18. The van der Waals surface area contributed by atoms with Crippen molar-refractivity contribution in [3.8, 4) is 5.75 Å². The van der Waals surface area contributed by atoms with E-state index in [1.54, 1.807) is 25.3 Å². The second kappa shape index (κ2) is 8.23. The minimum absolute atomic E-state index is 0.265. The van der Waals surface area contributed by atoms with Crippen LogP contribution in [0.3, 0.4) is 0 Å². The van der Waals surface area contributed by atoms with Crippen molar-refractivity contribution in [1.82, 2.24) is 5.32 Å². The van der Waals surface area contributed by atoms with Gasteiger partial charge in [0.1, 0.15) is 12.3 Å². The van der Waals surface area contributed by atoms with Crippen LogP contribution in [0.2, 0.25) is 0 Å². The van der Waals surface area contributed by atoms with Crippen molar-refractivity contribution in [2.45, 2.75) is 20.4 Å². The average Bonchev–Trinajstić information content (AvgIpc) is 2.58. The van der Waals surface area contributed by atoms with Gasteiger partial charge in [0.25, 0.3) is 0 Å². The predicted octanol–water partition coefficient (Wildman–Crippen LogP) is 2.39. The van der Waals surface area contributed by atoms with E-state index in [0.717, 1.165) is 33.0 Å². The minimum atomic E-state index is -3.58. The monoisotopic (exact) mass is 376 g/mol. The number of aryl methyl sites for hydroxylation is 2. The first kappa shape index (κ1) is 19.8. The number of nitrogens with one attached hydrogen (secondary N) is 1. The third-order valence-corrected chi connectivity index (χ3v) is 5.08. The van der Waals surface area contributed by atoms with E-state index < -0.39 is 10.0 Å². The van der Waals surface area contributed by atoms with Crippen LogP contribution in [0.1, 0.15) is 16.7 Å². The van der Waals surface area contributed by atoms with Crippen LogP contribution in [-0.4, -0.2) is 34.2 Å². The summed E-state index contributed by atoms with van der Waals surface area (Å²) in [5.41, 5.74) is 3.25. The molecule has 2 aromatic rings. The molecule has 2 rings (SSSR count). The second-order valence-corrected chi connectivity index (χ2v) is 8.09. The number of carbonyl (C=O) groups is 1. The molecule has 0 fully saturated rings. The zero-order valence-electron chi connectivity index (χ0n) is 15.4. The minimum Gasteiger partial charge on any atom is -0.497 e. The van der Waals surface area contributed by atoms with Crippen molar-refractivity contribution in [3.63, 3.8) is 0 Å². The van der Waals surface area contributed by atoms with Crippen molar-refractivity contribution < 1.29 is 17.9 Å². The number of sulfonamides is 1. The van der Waals surface area contributed by atoms with Gasteiger partial charge in [-0.25, -0.2) is 8.42 Å². The predicted molar refractivity (Wildman–Crippen MR) is 103 cm³/mol. The van der Waals surface area contributed by atoms with Gasteiger partial charge in [-0.1, -0.05) is 29.8 Å². The van der Waals surface area contributed by atoms with Crippen molar-refractivity contribution in [1.29, 1.82) is 0 Å². The molecule has 2 aromatic carbocycles. The van der Waals surface area contributed by atoms with E-state index in [9.17, 15) is 13.2 Å². The van der Waals surface area contributed by atoms with E-state index in [2.05, 4.69) is 5.32 Å². The van der Waals surface area contributed by atoms with Crippen molar-refractivity contribution in [3.05, 3.63) is 59.2 Å². The molecular weight excluding hydrogens is 352 g/mol. The summed E-state index contributed by atoms with van der Waals surface area (Å²) < 4.78 is 30.6. The number of benzene rings is 2. The highest BCUT2D eigenvalue weighted by Crippen LogP contribution is 2.23. The largest absolute Gasteiger partial charge is 0.497 e. The maximum atomic E-state index is 12.3. The van der Waals surface area contributed by atoms with Gasteiger partial charge in [0.2, 0.25) is 15.9 Å². The van der Waals surface area contributed by atoms with E-state index in [4.69, 9.17) is 4.74 Å². The Hall–Kier alpha value is -2.54. The molecule has 0 aliphatic heterocycles. The van der Waals surface area contributed by atoms with E-state index >= 15 is 0 Å². The number of nitrogens with zero attached hydrogens (tertiary/aromatic N) is 1. The first-order valence-corrected chi connectivity index (χ1v) is 10.00. The van der Waals surface area contributed by atoms with Gasteiger partial charge in [-0.2, -0.15) is 0 Å². The van der Waals surface area contributed by atoms with E-state index in [1.807, 2.05) is 38.1 Å². The van der Waals surface area contributed by atoms with Crippen LogP contribution in [0, 0.1) is 13.8 Å². The Labute approximate surface area is 154 Å². The Balaban J connectivity index is 2.09. The maximum Gasteiger partial charge on any atom is 0.241 e. The van der Waals surface area contributed by atoms with Crippen LogP contribution in [0.5, 0.6) is 5.75 Å². The fourth-order valence-electron chi connectivity index (χ4n) is 2.60. The van der Waals surface area contributed by atoms with Gasteiger partial charge < -0.3 is 10.1 Å². The number of hydrogen-bond acceptors (Lipinski definition) is 4. The van der Waals surface area contributed by atoms with E-state index in [-0.39, 0.29) is 12.5 Å². The molecule has 0 aromatic heterocycles. The topological polar surface area (TPSA) is 75.7 Å². The molecule has 7 heteroatoms. The number of carbonyl (C=O) groups excluding carboxylic acids is 1. The maximum absolute atomic E-state index is 12.3. The highest BCUT2D eigenvalue weighted by atomic mass is 32.2. The summed E-state index contributed by atoms with van der Waals surface area (Å²) in [4.78, 5) is 12.3. The van der Waals surface area contributed by atoms with Crippen LogP contribution in [0.15, 0.2) is 42.5 Å². The molecular formula is C19H24N2O4S. The molecule has 1 amide bonds. The van der Waals surface area contributed by atoms with Crippen LogP contribution in [0.4, 0.5) is 5.69 Å². The van der Waals surface area contributed by atoms with Gasteiger partial charge in [-0.05, 0) is 43.2 Å². The lowest BCUT2D eigenvalue weighted by atomic mass is 10.1. The first-order valence-electron chi connectivity index (χ1n) is 8.15. The molecule has 0 saturated heterocycles. The van der Waals surface area contributed by atoms with Gasteiger partial charge in [0, 0.05) is 6.54 Å². The van der Waals surface area contributed by atoms with Gasteiger partial charge in [0.05, 0.1) is 19.1 Å². The van der Waals surface area contributed by atoms with Gasteiger partial charge in [-0.3, -0.25) is 9.10 Å². The molecule has 0 radical (unpaired) electrons. The van der Waals surface area contributed by atoms with Crippen LogP contribution in [-0.2, 0) is 21.4 Å². The average molecular weight is 376 g/mol. The number of methoxy groups -OCH3 is 1. The smallest absolute Gasteiger partial charge is 0.241 e. The van der Waals surface area contributed by atoms with Crippen LogP contribution < -0.4 is 14.4 Å².